The molecule has 0 fully saturated rings. The number of anilines is 2. The van der Waals surface area contributed by atoms with E-state index in [0.717, 1.165) is 12.1 Å². The molecule has 0 aliphatic heterocycles. The number of pyridine rings is 1. The Bertz CT molecular complexity index is 312. The Kier molecular flexibility index (Phi) is 2.98. The first kappa shape index (κ1) is 10.1. The van der Waals surface area contributed by atoms with Gasteiger partial charge < -0.3 is 11.5 Å². The molecule has 0 aliphatic rings. The SMILES string of the molecule is CCC(C)c1nc(Cl)cc(N)c1N. The first-order chi connectivity index (χ1) is 6.06. The van der Waals surface area contributed by atoms with E-state index in [1.54, 1.807) is 6.07 Å². The summed E-state index contributed by atoms with van der Waals surface area (Å²) in [6.45, 7) is 4.12. The molecule has 1 aromatic heterocycles. The van der Waals surface area contributed by atoms with Gasteiger partial charge in [0.15, 0.2) is 0 Å². The van der Waals surface area contributed by atoms with Crippen LogP contribution in [0.3, 0.4) is 0 Å². The maximum Gasteiger partial charge on any atom is 0.131 e. The van der Waals surface area contributed by atoms with E-state index in [1.807, 2.05) is 0 Å². The standard InChI is InChI=1S/C9H14ClN3/c1-3-5(2)9-8(12)6(11)4-7(10)13-9/h4-5H,3,12H2,1-2H3,(H2,11,13). The highest BCUT2D eigenvalue weighted by atomic mass is 35.5. The van der Waals surface area contributed by atoms with Crippen molar-refractivity contribution in [3.8, 4) is 0 Å². The highest BCUT2D eigenvalue weighted by molar-refractivity contribution is 6.29. The topological polar surface area (TPSA) is 64.9 Å². The zero-order valence-corrected chi connectivity index (χ0v) is 8.60. The van der Waals surface area contributed by atoms with Crippen molar-refractivity contribution in [2.24, 2.45) is 0 Å². The predicted molar refractivity (Wildman–Crippen MR) is 56.8 cm³/mol. The van der Waals surface area contributed by atoms with Gasteiger partial charge in [-0.1, -0.05) is 25.4 Å². The van der Waals surface area contributed by atoms with Gasteiger partial charge in [0, 0.05) is 12.0 Å². The van der Waals surface area contributed by atoms with Crippen LogP contribution in [0, 0.1) is 0 Å². The molecule has 1 aromatic rings. The second-order valence-electron chi connectivity index (χ2n) is 3.14. The fraction of sp³-hybridized carbons (Fsp3) is 0.444. The van der Waals surface area contributed by atoms with Gasteiger partial charge in [-0.05, 0) is 6.42 Å². The molecule has 0 amide bonds. The monoisotopic (exact) mass is 199 g/mol. The molecule has 0 aromatic carbocycles. The number of halogens is 1. The molecule has 0 saturated heterocycles. The average Bonchev–Trinajstić information content (AvgIpc) is 2.10. The summed E-state index contributed by atoms with van der Waals surface area (Å²) in [4.78, 5) is 4.16. The Hall–Kier alpha value is -0.960. The van der Waals surface area contributed by atoms with Crippen LogP contribution in [0.5, 0.6) is 0 Å². The maximum atomic E-state index is 5.78. The third-order valence-corrected chi connectivity index (χ3v) is 2.36. The van der Waals surface area contributed by atoms with Crippen LogP contribution in [0.4, 0.5) is 11.4 Å². The van der Waals surface area contributed by atoms with Gasteiger partial charge in [0.1, 0.15) is 5.15 Å². The minimum absolute atomic E-state index is 0.293. The molecule has 0 aliphatic carbocycles. The van der Waals surface area contributed by atoms with E-state index in [1.165, 1.54) is 0 Å². The van der Waals surface area contributed by atoms with E-state index in [2.05, 4.69) is 18.8 Å². The summed E-state index contributed by atoms with van der Waals surface area (Å²) in [6, 6.07) is 1.57. The Morgan fingerprint density at radius 2 is 2.15 bits per heavy atom. The molecule has 0 spiro atoms. The Morgan fingerprint density at radius 3 is 2.69 bits per heavy atom. The van der Waals surface area contributed by atoms with Crippen molar-refractivity contribution in [2.45, 2.75) is 26.2 Å². The quantitative estimate of drug-likeness (QED) is 0.719. The molecule has 1 atom stereocenters. The summed E-state index contributed by atoms with van der Waals surface area (Å²) in [5.74, 6) is 0.293. The Morgan fingerprint density at radius 1 is 1.54 bits per heavy atom. The van der Waals surface area contributed by atoms with Crippen LogP contribution in [-0.4, -0.2) is 4.98 Å². The minimum atomic E-state index is 0.293. The van der Waals surface area contributed by atoms with Crippen LogP contribution in [-0.2, 0) is 0 Å². The molecule has 1 rings (SSSR count). The van der Waals surface area contributed by atoms with Gasteiger partial charge in [0.05, 0.1) is 17.1 Å². The summed E-state index contributed by atoms with van der Waals surface area (Å²) in [5.41, 5.74) is 13.3. The minimum Gasteiger partial charge on any atom is -0.397 e. The highest BCUT2D eigenvalue weighted by Gasteiger charge is 2.12. The van der Waals surface area contributed by atoms with E-state index >= 15 is 0 Å². The second kappa shape index (κ2) is 3.83. The Labute approximate surface area is 83.1 Å². The smallest absolute Gasteiger partial charge is 0.131 e. The lowest BCUT2D eigenvalue weighted by atomic mass is 10.0. The molecule has 0 saturated carbocycles. The van der Waals surface area contributed by atoms with Crippen LogP contribution in [0.2, 0.25) is 5.15 Å². The van der Waals surface area contributed by atoms with Gasteiger partial charge >= 0.3 is 0 Å². The number of nitrogens with zero attached hydrogens (tertiary/aromatic N) is 1. The van der Waals surface area contributed by atoms with Gasteiger partial charge in [-0.3, -0.25) is 0 Å². The fourth-order valence-electron chi connectivity index (χ4n) is 1.13. The van der Waals surface area contributed by atoms with Crippen molar-refractivity contribution < 1.29 is 0 Å². The van der Waals surface area contributed by atoms with Gasteiger partial charge in [-0.25, -0.2) is 4.98 Å². The highest BCUT2D eigenvalue weighted by Crippen LogP contribution is 2.29. The molecule has 1 unspecified atom stereocenters. The molecule has 4 N–H and O–H groups in total. The van der Waals surface area contributed by atoms with E-state index in [-0.39, 0.29) is 0 Å². The molecule has 1 heterocycles. The van der Waals surface area contributed by atoms with Gasteiger partial charge in [-0.2, -0.15) is 0 Å². The number of aromatic nitrogens is 1. The fourth-order valence-corrected chi connectivity index (χ4v) is 1.34. The summed E-state index contributed by atoms with van der Waals surface area (Å²) in [7, 11) is 0. The molecule has 3 nitrogen and oxygen atoms in total. The van der Waals surface area contributed by atoms with Crippen molar-refractivity contribution >= 4 is 23.0 Å². The van der Waals surface area contributed by atoms with Crippen LogP contribution in [0.1, 0.15) is 31.9 Å². The van der Waals surface area contributed by atoms with E-state index in [4.69, 9.17) is 23.1 Å². The summed E-state index contributed by atoms with van der Waals surface area (Å²) in [5, 5.41) is 0.405. The largest absolute Gasteiger partial charge is 0.397 e. The van der Waals surface area contributed by atoms with Gasteiger partial charge in [-0.15, -0.1) is 0 Å². The first-order valence-electron chi connectivity index (χ1n) is 4.27. The number of nitrogen functional groups attached to an aromatic ring is 2. The normalized spacial score (nSPS) is 12.8. The van der Waals surface area contributed by atoms with Crippen molar-refractivity contribution in [3.05, 3.63) is 16.9 Å². The van der Waals surface area contributed by atoms with Crippen molar-refractivity contribution in [3.63, 3.8) is 0 Å². The van der Waals surface area contributed by atoms with E-state index in [0.29, 0.717) is 22.4 Å². The summed E-state index contributed by atoms with van der Waals surface area (Å²) >= 11 is 5.78. The zero-order chi connectivity index (χ0) is 10.0. The second-order valence-corrected chi connectivity index (χ2v) is 3.53. The molecule has 13 heavy (non-hydrogen) atoms. The third-order valence-electron chi connectivity index (χ3n) is 2.17. The molecular weight excluding hydrogens is 186 g/mol. The number of hydrogen-bond acceptors (Lipinski definition) is 3. The first-order valence-corrected chi connectivity index (χ1v) is 4.65. The predicted octanol–water partition coefficient (Wildman–Crippen LogP) is 2.41. The maximum absolute atomic E-state index is 5.78. The van der Waals surface area contributed by atoms with E-state index < -0.39 is 0 Å². The average molecular weight is 200 g/mol. The van der Waals surface area contributed by atoms with Crippen LogP contribution in [0.25, 0.3) is 0 Å². The summed E-state index contributed by atoms with van der Waals surface area (Å²) < 4.78 is 0. The summed E-state index contributed by atoms with van der Waals surface area (Å²) in [6.07, 6.45) is 0.969. The number of rotatable bonds is 2. The Balaban J connectivity index is 3.20. The van der Waals surface area contributed by atoms with Crippen LogP contribution >= 0.6 is 11.6 Å². The molecular formula is C9H14ClN3. The van der Waals surface area contributed by atoms with Crippen molar-refractivity contribution in [1.29, 1.82) is 0 Å². The lowest BCUT2D eigenvalue weighted by Gasteiger charge is -2.12. The van der Waals surface area contributed by atoms with Crippen molar-refractivity contribution in [2.75, 3.05) is 11.5 Å². The third kappa shape index (κ3) is 2.04. The van der Waals surface area contributed by atoms with Crippen molar-refractivity contribution in [1.82, 2.24) is 4.98 Å². The lowest BCUT2D eigenvalue weighted by Crippen LogP contribution is -2.05. The number of nitrogens with two attached hydrogens (primary N) is 2. The van der Waals surface area contributed by atoms with E-state index in [9.17, 15) is 0 Å². The zero-order valence-electron chi connectivity index (χ0n) is 7.84. The molecule has 0 bridgehead atoms. The number of hydrogen-bond donors (Lipinski definition) is 2. The molecule has 0 radical (unpaired) electrons. The molecule has 72 valence electrons. The van der Waals surface area contributed by atoms with Gasteiger partial charge in [0.25, 0.3) is 0 Å². The van der Waals surface area contributed by atoms with Gasteiger partial charge in [0.2, 0.25) is 0 Å². The van der Waals surface area contributed by atoms with Crippen LogP contribution in [0.15, 0.2) is 6.07 Å². The van der Waals surface area contributed by atoms with Crippen LogP contribution < -0.4 is 11.5 Å². The lowest BCUT2D eigenvalue weighted by molar-refractivity contribution is 0.711. The molecule has 4 heteroatoms.